The van der Waals surface area contributed by atoms with Gasteiger partial charge < -0.3 is 9.63 Å². The van der Waals surface area contributed by atoms with Gasteiger partial charge in [0.2, 0.25) is 0 Å². The fourth-order valence-electron chi connectivity index (χ4n) is 2.72. The summed E-state index contributed by atoms with van der Waals surface area (Å²) in [5.74, 6) is 1.30. The zero-order chi connectivity index (χ0) is 14.1. The standard InChI is InChI=1S/C16H29NO2/c1-4-6-8-9-10-12-14(11-7-5-2)15-13(3)19-17-16(15)18/h14H,4-12H2,1-3H3,(H,17,18). The fraction of sp³-hybridized carbons (Fsp3) is 0.812. The van der Waals surface area contributed by atoms with Gasteiger partial charge in [-0.05, 0) is 30.8 Å². The Bertz CT molecular complexity index is 327. The maximum atomic E-state index is 9.84. The number of unbranched alkanes of at least 4 members (excludes halogenated alkanes) is 5. The third-order valence-electron chi connectivity index (χ3n) is 3.86. The molecule has 0 saturated heterocycles. The molecular weight excluding hydrogens is 238 g/mol. The molecule has 19 heavy (non-hydrogen) atoms. The van der Waals surface area contributed by atoms with E-state index in [2.05, 4.69) is 19.0 Å². The van der Waals surface area contributed by atoms with Crippen molar-refractivity contribution in [3.05, 3.63) is 11.3 Å². The molecule has 0 fully saturated rings. The molecule has 110 valence electrons. The monoisotopic (exact) mass is 267 g/mol. The van der Waals surface area contributed by atoms with Crippen molar-refractivity contribution in [1.82, 2.24) is 5.16 Å². The number of aromatic nitrogens is 1. The van der Waals surface area contributed by atoms with Crippen LogP contribution in [0, 0.1) is 6.92 Å². The summed E-state index contributed by atoms with van der Waals surface area (Å²) in [7, 11) is 0. The minimum Gasteiger partial charge on any atom is -0.491 e. The average Bonchev–Trinajstić information content (AvgIpc) is 2.73. The first kappa shape index (κ1) is 16.1. The Morgan fingerprint density at radius 3 is 2.21 bits per heavy atom. The molecular formula is C16H29NO2. The third-order valence-corrected chi connectivity index (χ3v) is 3.86. The first-order valence-electron chi connectivity index (χ1n) is 7.85. The first-order chi connectivity index (χ1) is 9.20. The van der Waals surface area contributed by atoms with Crippen LogP contribution in [0.4, 0.5) is 0 Å². The van der Waals surface area contributed by atoms with Crippen molar-refractivity contribution in [1.29, 1.82) is 0 Å². The summed E-state index contributed by atoms with van der Waals surface area (Å²) in [4.78, 5) is 0. The van der Waals surface area contributed by atoms with E-state index in [0.29, 0.717) is 5.92 Å². The average molecular weight is 267 g/mol. The number of hydrogen-bond donors (Lipinski definition) is 1. The van der Waals surface area contributed by atoms with Gasteiger partial charge in [0, 0.05) is 0 Å². The molecule has 3 nitrogen and oxygen atoms in total. The molecule has 1 unspecified atom stereocenters. The van der Waals surface area contributed by atoms with Crippen LogP contribution in [0.3, 0.4) is 0 Å². The Kier molecular flexibility index (Phi) is 7.61. The van der Waals surface area contributed by atoms with Gasteiger partial charge in [0.15, 0.2) is 0 Å². The van der Waals surface area contributed by atoms with E-state index >= 15 is 0 Å². The summed E-state index contributed by atoms with van der Waals surface area (Å²) in [5.41, 5.74) is 0.948. The number of hydrogen-bond acceptors (Lipinski definition) is 3. The molecule has 1 N–H and O–H groups in total. The summed E-state index contributed by atoms with van der Waals surface area (Å²) in [5, 5.41) is 13.5. The molecule has 0 amide bonds. The number of aromatic hydroxyl groups is 1. The van der Waals surface area contributed by atoms with Crippen LogP contribution in [0.25, 0.3) is 0 Å². The van der Waals surface area contributed by atoms with Gasteiger partial charge in [-0.1, -0.05) is 58.8 Å². The van der Waals surface area contributed by atoms with Crippen LogP contribution < -0.4 is 0 Å². The Balaban J connectivity index is 2.52. The second kappa shape index (κ2) is 9.00. The van der Waals surface area contributed by atoms with Gasteiger partial charge in [0.25, 0.3) is 5.88 Å². The van der Waals surface area contributed by atoms with Crippen LogP contribution in [-0.2, 0) is 0 Å². The van der Waals surface area contributed by atoms with Gasteiger partial charge in [-0.2, -0.15) is 0 Å². The minimum atomic E-state index is 0.104. The van der Waals surface area contributed by atoms with Gasteiger partial charge in [0.05, 0.1) is 5.56 Å². The predicted octanol–water partition coefficient (Wildman–Crippen LogP) is 5.32. The Morgan fingerprint density at radius 1 is 1.00 bits per heavy atom. The fourth-order valence-corrected chi connectivity index (χ4v) is 2.72. The van der Waals surface area contributed by atoms with Crippen LogP contribution in [0.2, 0.25) is 0 Å². The molecule has 1 rings (SSSR count). The molecule has 0 aliphatic carbocycles. The SMILES string of the molecule is CCCCCCCC(CCCC)c1c(O)noc1C. The lowest BCUT2D eigenvalue weighted by molar-refractivity contribution is 0.348. The normalized spacial score (nSPS) is 12.8. The van der Waals surface area contributed by atoms with E-state index in [1.165, 1.54) is 44.9 Å². The lowest BCUT2D eigenvalue weighted by atomic mass is 9.88. The highest BCUT2D eigenvalue weighted by molar-refractivity contribution is 5.30. The summed E-state index contributed by atoms with van der Waals surface area (Å²) >= 11 is 0. The second-order valence-electron chi connectivity index (χ2n) is 5.52. The van der Waals surface area contributed by atoms with Crippen molar-refractivity contribution < 1.29 is 9.63 Å². The summed E-state index contributed by atoms with van der Waals surface area (Å²) in [6.07, 6.45) is 11.1. The topological polar surface area (TPSA) is 46.3 Å². The Labute approximate surface area is 117 Å². The van der Waals surface area contributed by atoms with E-state index in [0.717, 1.165) is 24.2 Å². The van der Waals surface area contributed by atoms with Gasteiger partial charge in [0.1, 0.15) is 5.76 Å². The molecule has 0 bridgehead atoms. The highest BCUT2D eigenvalue weighted by atomic mass is 16.5. The van der Waals surface area contributed by atoms with Crippen LogP contribution in [0.5, 0.6) is 5.88 Å². The van der Waals surface area contributed by atoms with Gasteiger partial charge in [-0.15, -0.1) is 0 Å². The van der Waals surface area contributed by atoms with Gasteiger partial charge in [-0.25, -0.2) is 0 Å². The van der Waals surface area contributed by atoms with Crippen molar-refractivity contribution in [2.24, 2.45) is 0 Å². The number of aryl methyl sites for hydroxylation is 1. The van der Waals surface area contributed by atoms with Crippen molar-refractivity contribution >= 4 is 0 Å². The van der Waals surface area contributed by atoms with Crippen molar-refractivity contribution in [2.45, 2.75) is 84.5 Å². The molecule has 0 aliphatic rings. The zero-order valence-corrected chi connectivity index (χ0v) is 12.7. The number of nitrogens with zero attached hydrogens (tertiary/aromatic N) is 1. The van der Waals surface area contributed by atoms with E-state index < -0.39 is 0 Å². The summed E-state index contributed by atoms with van der Waals surface area (Å²) < 4.78 is 5.10. The van der Waals surface area contributed by atoms with Crippen LogP contribution >= 0.6 is 0 Å². The van der Waals surface area contributed by atoms with E-state index in [1.807, 2.05) is 6.92 Å². The largest absolute Gasteiger partial charge is 0.491 e. The molecule has 1 heterocycles. The molecule has 1 aromatic rings. The zero-order valence-electron chi connectivity index (χ0n) is 12.7. The summed E-state index contributed by atoms with van der Waals surface area (Å²) in [6.45, 7) is 6.35. The second-order valence-corrected chi connectivity index (χ2v) is 5.52. The third kappa shape index (κ3) is 5.25. The Hall–Kier alpha value is -0.990. The highest BCUT2D eigenvalue weighted by Gasteiger charge is 2.21. The molecule has 3 heteroatoms. The lowest BCUT2D eigenvalue weighted by Crippen LogP contribution is -2.00. The summed E-state index contributed by atoms with van der Waals surface area (Å²) in [6, 6.07) is 0. The van der Waals surface area contributed by atoms with Crippen molar-refractivity contribution in [3.63, 3.8) is 0 Å². The predicted molar refractivity (Wildman–Crippen MR) is 78.5 cm³/mol. The lowest BCUT2D eigenvalue weighted by Gasteiger charge is -2.15. The maximum absolute atomic E-state index is 9.84. The van der Waals surface area contributed by atoms with E-state index in [9.17, 15) is 5.11 Å². The maximum Gasteiger partial charge on any atom is 0.255 e. The molecule has 1 aromatic heterocycles. The van der Waals surface area contributed by atoms with Crippen molar-refractivity contribution in [3.8, 4) is 5.88 Å². The Morgan fingerprint density at radius 2 is 1.63 bits per heavy atom. The number of rotatable bonds is 10. The molecule has 0 saturated carbocycles. The quantitative estimate of drug-likeness (QED) is 0.583. The van der Waals surface area contributed by atoms with Crippen LogP contribution in [-0.4, -0.2) is 10.3 Å². The van der Waals surface area contributed by atoms with Crippen molar-refractivity contribution in [2.75, 3.05) is 0 Å². The molecule has 0 spiro atoms. The van der Waals surface area contributed by atoms with E-state index in [4.69, 9.17) is 4.52 Å². The van der Waals surface area contributed by atoms with Gasteiger partial charge in [-0.3, -0.25) is 0 Å². The molecule has 1 atom stereocenters. The highest BCUT2D eigenvalue weighted by Crippen LogP contribution is 2.35. The van der Waals surface area contributed by atoms with E-state index in [-0.39, 0.29) is 5.88 Å². The molecule has 0 aromatic carbocycles. The van der Waals surface area contributed by atoms with Gasteiger partial charge >= 0.3 is 0 Å². The smallest absolute Gasteiger partial charge is 0.255 e. The minimum absolute atomic E-state index is 0.104. The molecule has 0 aliphatic heterocycles. The first-order valence-corrected chi connectivity index (χ1v) is 7.85. The van der Waals surface area contributed by atoms with Crippen LogP contribution in [0.15, 0.2) is 4.52 Å². The van der Waals surface area contributed by atoms with Crippen LogP contribution in [0.1, 0.15) is 88.9 Å². The van der Waals surface area contributed by atoms with E-state index in [1.54, 1.807) is 0 Å². The molecule has 0 radical (unpaired) electrons.